The largest absolute Gasteiger partial charge is 0.460 e. The van der Waals surface area contributed by atoms with Crippen LogP contribution in [0.15, 0.2) is 24.5 Å². The van der Waals surface area contributed by atoms with Crippen LogP contribution in [-0.2, 0) is 9.53 Å². The van der Waals surface area contributed by atoms with Gasteiger partial charge in [-0.1, -0.05) is 0 Å². The van der Waals surface area contributed by atoms with Gasteiger partial charge in [0.2, 0.25) is 5.91 Å². The van der Waals surface area contributed by atoms with E-state index in [2.05, 4.69) is 26.1 Å². The summed E-state index contributed by atoms with van der Waals surface area (Å²) in [6.07, 6.45) is 3.02. The SMILES string of the molecule is CC(=O)OCC[N+](C)(C)C.NC(=O)c1cccnc1. The Morgan fingerprint density at radius 2 is 2.00 bits per heavy atom. The molecule has 106 valence electrons. The van der Waals surface area contributed by atoms with Gasteiger partial charge in [-0.15, -0.1) is 0 Å². The van der Waals surface area contributed by atoms with E-state index in [1.54, 1.807) is 18.3 Å². The third kappa shape index (κ3) is 10.9. The van der Waals surface area contributed by atoms with Crippen molar-refractivity contribution in [2.24, 2.45) is 5.73 Å². The van der Waals surface area contributed by atoms with Crippen LogP contribution < -0.4 is 5.73 Å². The lowest BCUT2D eigenvalue weighted by Gasteiger charge is -2.23. The van der Waals surface area contributed by atoms with Crippen molar-refractivity contribution in [3.8, 4) is 0 Å². The number of pyridine rings is 1. The lowest BCUT2D eigenvalue weighted by molar-refractivity contribution is -0.870. The Balaban J connectivity index is 0.000000342. The van der Waals surface area contributed by atoms with Crippen LogP contribution in [0.4, 0.5) is 0 Å². The molecule has 6 nitrogen and oxygen atoms in total. The lowest BCUT2D eigenvalue weighted by Crippen LogP contribution is -2.37. The van der Waals surface area contributed by atoms with E-state index < -0.39 is 5.91 Å². The maximum absolute atomic E-state index is 10.4. The molecule has 1 aromatic heterocycles. The van der Waals surface area contributed by atoms with Crippen molar-refractivity contribution in [1.82, 2.24) is 4.98 Å². The monoisotopic (exact) mass is 268 g/mol. The Hall–Kier alpha value is -1.95. The summed E-state index contributed by atoms with van der Waals surface area (Å²) in [7, 11) is 6.18. The topological polar surface area (TPSA) is 82.3 Å². The average Bonchev–Trinajstić information content (AvgIpc) is 2.28. The molecule has 1 rings (SSSR count). The molecule has 0 radical (unpaired) electrons. The number of nitrogens with two attached hydrogens (primary N) is 1. The molecule has 0 unspecified atom stereocenters. The number of ether oxygens (including phenoxy) is 1. The highest BCUT2D eigenvalue weighted by molar-refractivity contribution is 5.92. The van der Waals surface area contributed by atoms with Crippen LogP contribution in [0, 0.1) is 0 Å². The first-order valence-corrected chi connectivity index (χ1v) is 5.86. The third-order valence-electron chi connectivity index (χ3n) is 2.01. The minimum atomic E-state index is -0.442. The van der Waals surface area contributed by atoms with E-state index in [-0.39, 0.29) is 5.97 Å². The third-order valence-corrected chi connectivity index (χ3v) is 2.01. The van der Waals surface area contributed by atoms with E-state index in [0.717, 1.165) is 11.0 Å². The van der Waals surface area contributed by atoms with Crippen molar-refractivity contribution in [1.29, 1.82) is 0 Å². The van der Waals surface area contributed by atoms with Gasteiger partial charge in [-0.3, -0.25) is 14.6 Å². The van der Waals surface area contributed by atoms with Gasteiger partial charge in [0.15, 0.2) is 0 Å². The summed E-state index contributed by atoms with van der Waals surface area (Å²) >= 11 is 0. The summed E-state index contributed by atoms with van der Waals surface area (Å²) in [4.78, 5) is 24.4. The standard InChI is InChI=1S/C7H16NO2.C6H6N2O/c1-7(9)10-6-5-8(2,3)4;7-6(9)5-2-1-3-8-4-5/h5-6H2,1-4H3;1-4H,(H2,7,9)/q+1;. The Morgan fingerprint density at radius 1 is 1.37 bits per heavy atom. The number of esters is 1. The highest BCUT2D eigenvalue weighted by atomic mass is 16.5. The number of primary amides is 1. The van der Waals surface area contributed by atoms with Gasteiger partial charge >= 0.3 is 5.97 Å². The normalized spacial score (nSPS) is 10.1. The number of quaternary nitrogens is 1. The smallest absolute Gasteiger partial charge is 0.302 e. The quantitative estimate of drug-likeness (QED) is 0.634. The number of amides is 1. The molecule has 0 spiro atoms. The van der Waals surface area contributed by atoms with Crippen LogP contribution in [0.1, 0.15) is 17.3 Å². The Kier molecular flexibility index (Phi) is 7.36. The molecule has 6 heteroatoms. The zero-order valence-electron chi connectivity index (χ0n) is 11.9. The fourth-order valence-corrected chi connectivity index (χ4v) is 0.972. The minimum absolute atomic E-state index is 0.201. The number of hydrogen-bond donors (Lipinski definition) is 1. The molecule has 1 aromatic rings. The molecule has 1 heterocycles. The summed E-state index contributed by atoms with van der Waals surface area (Å²) in [5, 5.41) is 0. The lowest BCUT2D eigenvalue weighted by atomic mass is 10.3. The van der Waals surface area contributed by atoms with Crippen molar-refractivity contribution in [2.75, 3.05) is 34.3 Å². The van der Waals surface area contributed by atoms with Gasteiger partial charge in [-0.25, -0.2) is 0 Å². The van der Waals surface area contributed by atoms with Crippen molar-refractivity contribution in [3.05, 3.63) is 30.1 Å². The molecule has 0 aliphatic heterocycles. The molecular weight excluding hydrogens is 246 g/mol. The van der Waals surface area contributed by atoms with Crippen LogP contribution >= 0.6 is 0 Å². The summed E-state index contributed by atoms with van der Waals surface area (Å²) in [6, 6.07) is 3.29. The zero-order valence-corrected chi connectivity index (χ0v) is 11.9. The highest BCUT2D eigenvalue weighted by Crippen LogP contribution is 1.91. The number of hydrogen-bond acceptors (Lipinski definition) is 4. The van der Waals surface area contributed by atoms with Gasteiger partial charge in [-0.2, -0.15) is 0 Å². The molecule has 0 bridgehead atoms. The molecule has 1 amide bonds. The van der Waals surface area contributed by atoms with E-state index in [1.807, 2.05) is 0 Å². The first-order chi connectivity index (χ1) is 8.72. The number of aromatic nitrogens is 1. The fraction of sp³-hybridized carbons (Fsp3) is 0.462. The van der Waals surface area contributed by atoms with Crippen molar-refractivity contribution in [2.45, 2.75) is 6.92 Å². The van der Waals surface area contributed by atoms with E-state index in [1.165, 1.54) is 13.1 Å². The predicted octanol–water partition coefficient (Wildman–Crippen LogP) is 0.436. The van der Waals surface area contributed by atoms with Gasteiger partial charge in [0, 0.05) is 19.3 Å². The molecular formula is C13H22N3O3+. The molecule has 0 aromatic carbocycles. The second-order valence-electron chi connectivity index (χ2n) is 4.96. The number of likely N-dealkylation sites (N-methyl/N-ethyl adjacent to an activating group) is 1. The molecule has 0 fully saturated rings. The first-order valence-electron chi connectivity index (χ1n) is 5.86. The summed E-state index contributed by atoms with van der Waals surface area (Å²) < 4.78 is 5.59. The Bertz CT molecular complexity index is 399. The van der Waals surface area contributed by atoms with Gasteiger partial charge in [0.05, 0.1) is 26.7 Å². The van der Waals surface area contributed by atoms with Crippen LogP contribution in [0.2, 0.25) is 0 Å². The van der Waals surface area contributed by atoms with Gasteiger partial charge in [0.25, 0.3) is 0 Å². The van der Waals surface area contributed by atoms with Gasteiger partial charge in [0.1, 0.15) is 13.2 Å². The van der Waals surface area contributed by atoms with Crippen LogP contribution in [0.5, 0.6) is 0 Å². The summed E-state index contributed by atoms with van der Waals surface area (Å²) in [5.74, 6) is -0.642. The molecule has 0 atom stereocenters. The summed E-state index contributed by atoms with van der Waals surface area (Å²) in [5.41, 5.74) is 5.38. The zero-order chi connectivity index (χ0) is 14.9. The minimum Gasteiger partial charge on any atom is -0.460 e. The second kappa shape index (κ2) is 8.20. The Labute approximate surface area is 113 Å². The number of nitrogens with zero attached hydrogens (tertiary/aromatic N) is 2. The predicted molar refractivity (Wildman–Crippen MR) is 72.3 cm³/mol. The molecule has 0 saturated carbocycles. The average molecular weight is 268 g/mol. The van der Waals surface area contributed by atoms with Crippen LogP contribution in [0.25, 0.3) is 0 Å². The molecule has 2 N–H and O–H groups in total. The molecule has 19 heavy (non-hydrogen) atoms. The van der Waals surface area contributed by atoms with E-state index in [9.17, 15) is 9.59 Å². The van der Waals surface area contributed by atoms with E-state index in [0.29, 0.717) is 12.2 Å². The fourth-order valence-electron chi connectivity index (χ4n) is 0.972. The van der Waals surface area contributed by atoms with Crippen molar-refractivity contribution >= 4 is 11.9 Å². The van der Waals surface area contributed by atoms with Crippen LogP contribution in [0.3, 0.4) is 0 Å². The molecule has 0 aliphatic carbocycles. The maximum atomic E-state index is 10.4. The maximum Gasteiger partial charge on any atom is 0.302 e. The number of carbonyl (C=O) groups excluding carboxylic acids is 2. The van der Waals surface area contributed by atoms with Gasteiger partial charge in [-0.05, 0) is 12.1 Å². The van der Waals surface area contributed by atoms with Crippen molar-refractivity contribution < 1.29 is 18.8 Å². The highest BCUT2D eigenvalue weighted by Gasteiger charge is 2.06. The second-order valence-corrected chi connectivity index (χ2v) is 4.96. The van der Waals surface area contributed by atoms with Crippen LogP contribution in [-0.4, -0.2) is 55.6 Å². The number of rotatable bonds is 4. The van der Waals surface area contributed by atoms with Gasteiger partial charge < -0.3 is 15.0 Å². The summed E-state index contributed by atoms with van der Waals surface area (Å²) in [6.45, 7) is 2.80. The van der Waals surface area contributed by atoms with Crippen molar-refractivity contribution in [3.63, 3.8) is 0 Å². The van der Waals surface area contributed by atoms with E-state index >= 15 is 0 Å². The molecule has 0 aliphatic rings. The van der Waals surface area contributed by atoms with E-state index in [4.69, 9.17) is 10.5 Å². The Morgan fingerprint density at radius 3 is 2.32 bits per heavy atom. The molecule has 0 saturated heterocycles. The number of carbonyl (C=O) groups is 2. The first kappa shape index (κ1) is 17.1.